The van der Waals surface area contributed by atoms with Crippen molar-refractivity contribution in [2.24, 2.45) is 0 Å². The molecular formula is C24H29NO. The average molecular weight is 348 g/mol. The third-order valence-corrected chi connectivity index (χ3v) is 4.92. The molecule has 2 aromatic rings. The number of nitrogens with zero attached hydrogens (tertiary/aromatic N) is 1. The molecule has 26 heavy (non-hydrogen) atoms. The summed E-state index contributed by atoms with van der Waals surface area (Å²) in [6.45, 7) is 5.50. The highest BCUT2D eigenvalue weighted by Gasteiger charge is 2.39. The topological polar surface area (TPSA) is 12.2 Å². The second kappa shape index (κ2) is 8.75. The minimum Gasteiger partial charge on any atom is -0.497 e. The van der Waals surface area contributed by atoms with Crippen LogP contribution in [0.25, 0.3) is 6.08 Å². The lowest BCUT2D eigenvalue weighted by Crippen LogP contribution is -2.01. The lowest BCUT2D eigenvalue weighted by Gasteiger charge is -2.04. The molecule has 2 nitrogen and oxygen atoms in total. The highest BCUT2D eigenvalue weighted by atomic mass is 16.5. The van der Waals surface area contributed by atoms with E-state index in [9.17, 15) is 0 Å². The van der Waals surface area contributed by atoms with Crippen molar-refractivity contribution in [3.8, 4) is 5.75 Å². The van der Waals surface area contributed by atoms with Crippen molar-refractivity contribution in [2.45, 2.75) is 45.7 Å². The molecule has 0 amide bonds. The van der Waals surface area contributed by atoms with Gasteiger partial charge in [0.2, 0.25) is 0 Å². The quantitative estimate of drug-likeness (QED) is 0.425. The van der Waals surface area contributed by atoms with Crippen molar-refractivity contribution >= 4 is 6.08 Å². The van der Waals surface area contributed by atoms with Crippen molar-refractivity contribution in [1.82, 2.24) is 4.90 Å². The van der Waals surface area contributed by atoms with Gasteiger partial charge in [0.05, 0.1) is 13.2 Å². The fourth-order valence-corrected chi connectivity index (χ4v) is 3.53. The first-order chi connectivity index (χ1) is 12.7. The first kappa shape index (κ1) is 18.3. The maximum atomic E-state index is 5.19. The molecule has 0 N–H and O–H groups in total. The van der Waals surface area contributed by atoms with Gasteiger partial charge in [-0.05, 0) is 56.4 Å². The van der Waals surface area contributed by atoms with Crippen molar-refractivity contribution in [3.05, 3.63) is 83.1 Å². The van der Waals surface area contributed by atoms with Crippen LogP contribution in [0.4, 0.5) is 0 Å². The van der Waals surface area contributed by atoms with E-state index in [0.717, 1.165) is 18.7 Å². The largest absolute Gasteiger partial charge is 0.497 e. The monoisotopic (exact) mass is 347 g/mol. The van der Waals surface area contributed by atoms with Gasteiger partial charge in [0, 0.05) is 12.2 Å². The van der Waals surface area contributed by atoms with E-state index in [1.807, 2.05) is 12.1 Å². The molecule has 2 heteroatoms. The van der Waals surface area contributed by atoms with Gasteiger partial charge >= 0.3 is 0 Å². The van der Waals surface area contributed by atoms with Gasteiger partial charge in [-0.15, -0.1) is 0 Å². The predicted octanol–water partition coefficient (Wildman–Crippen LogP) is 6.06. The molecule has 2 aromatic carbocycles. The molecule has 0 bridgehead atoms. The van der Waals surface area contributed by atoms with Crippen LogP contribution in [0.15, 0.2) is 71.9 Å². The number of allylic oxidation sites excluding steroid dienone is 2. The lowest BCUT2D eigenvalue weighted by atomic mass is 10.1. The fourth-order valence-electron chi connectivity index (χ4n) is 3.53. The summed E-state index contributed by atoms with van der Waals surface area (Å²) in [5, 5.41) is 0. The van der Waals surface area contributed by atoms with E-state index in [0.29, 0.717) is 6.04 Å². The zero-order chi connectivity index (χ0) is 18.4. The molecule has 1 saturated heterocycles. The second-order valence-corrected chi connectivity index (χ2v) is 7.12. The van der Waals surface area contributed by atoms with Crippen molar-refractivity contribution in [1.29, 1.82) is 0 Å². The fraction of sp³-hybridized carbons (Fsp3) is 0.333. The number of ether oxygens (including phenoxy) is 1. The van der Waals surface area contributed by atoms with Gasteiger partial charge in [0.25, 0.3) is 0 Å². The molecule has 0 spiro atoms. The Morgan fingerprint density at radius 2 is 1.77 bits per heavy atom. The van der Waals surface area contributed by atoms with Gasteiger partial charge < -0.3 is 9.64 Å². The van der Waals surface area contributed by atoms with Crippen LogP contribution in [0, 0.1) is 0 Å². The summed E-state index contributed by atoms with van der Waals surface area (Å²) in [6.07, 6.45) is 8.07. The molecule has 0 radical (unpaired) electrons. The van der Waals surface area contributed by atoms with Crippen molar-refractivity contribution < 1.29 is 4.74 Å². The van der Waals surface area contributed by atoms with Gasteiger partial charge in [-0.1, -0.05) is 60.2 Å². The van der Waals surface area contributed by atoms with E-state index < -0.39 is 0 Å². The van der Waals surface area contributed by atoms with E-state index in [4.69, 9.17) is 4.74 Å². The Balaban J connectivity index is 1.46. The Hall–Kier alpha value is -2.48. The van der Waals surface area contributed by atoms with Gasteiger partial charge in [-0.25, -0.2) is 0 Å². The maximum absolute atomic E-state index is 5.19. The van der Waals surface area contributed by atoms with Gasteiger partial charge in [-0.2, -0.15) is 0 Å². The van der Waals surface area contributed by atoms with E-state index in [1.165, 1.54) is 29.5 Å². The first-order valence-electron chi connectivity index (χ1n) is 9.47. The molecular weight excluding hydrogens is 318 g/mol. The predicted molar refractivity (Wildman–Crippen MR) is 110 cm³/mol. The Labute approximate surface area is 157 Å². The zero-order valence-corrected chi connectivity index (χ0v) is 16.1. The average Bonchev–Trinajstić information content (AvgIpc) is 3.35. The summed E-state index contributed by atoms with van der Waals surface area (Å²) in [5.74, 6) is 0.906. The van der Waals surface area contributed by atoms with Gasteiger partial charge in [0.1, 0.15) is 5.75 Å². The van der Waals surface area contributed by atoms with Crippen LogP contribution in [0.1, 0.15) is 44.2 Å². The van der Waals surface area contributed by atoms with Crippen LogP contribution in [-0.2, 0) is 6.54 Å². The van der Waals surface area contributed by atoms with Crippen LogP contribution in [0.3, 0.4) is 0 Å². The Kier molecular flexibility index (Phi) is 6.17. The van der Waals surface area contributed by atoms with Crippen LogP contribution >= 0.6 is 0 Å². The van der Waals surface area contributed by atoms with E-state index in [-0.39, 0.29) is 0 Å². The zero-order valence-electron chi connectivity index (χ0n) is 16.1. The van der Waals surface area contributed by atoms with Crippen molar-refractivity contribution in [2.75, 3.05) is 7.11 Å². The molecule has 1 fully saturated rings. The van der Waals surface area contributed by atoms with Crippen molar-refractivity contribution in [3.63, 3.8) is 0 Å². The third-order valence-electron chi connectivity index (χ3n) is 4.92. The van der Waals surface area contributed by atoms with Crippen LogP contribution in [0.2, 0.25) is 0 Å². The Morgan fingerprint density at radius 3 is 2.42 bits per heavy atom. The molecule has 0 aromatic heterocycles. The summed E-state index contributed by atoms with van der Waals surface area (Å²) >= 11 is 0. The number of hydrogen-bond acceptors (Lipinski definition) is 2. The first-order valence-corrected chi connectivity index (χ1v) is 9.47. The molecule has 1 unspecified atom stereocenters. The van der Waals surface area contributed by atoms with E-state index >= 15 is 0 Å². The summed E-state index contributed by atoms with van der Waals surface area (Å²) in [4.78, 5) is 2.55. The van der Waals surface area contributed by atoms with Gasteiger partial charge in [0.15, 0.2) is 0 Å². The Morgan fingerprint density at radius 1 is 1.04 bits per heavy atom. The number of unbranched alkanes of at least 4 members (excludes halogenated alkanes) is 1. The van der Waals surface area contributed by atoms with E-state index in [2.05, 4.69) is 73.4 Å². The highest BCUT2D eigenvalue weighted by Crippen LogP contribution is 2.40. The van der Waals surface area contributed by atoms with Crippen LogP contribution in [-0.4, -0.2) is 18.1 Å². The van der Waals surface area contributed by atoms with Crippen LogP contribution in [0.5, 0.6) is 5.75 Å². The minimum atomic E-state index is 0.634. The second-order valence-electron chi connectivity index (χ2n) is 7.12. The minimum absolute atomic E-state index is 0.634. The molecule has 1 aliphatic heterocycles. The highest BCUT2D eigenvalue weighted by molar-refractivity contribution is 5.50. The third kappa shape index (κ3) is 4.78. The standard InChI is InChI=1S/C24H29NO/c1-19(2)24-23(25(24)18-21-11-7-4-8-12-21)13-9-5-6-10-20-14-16-22(26-3)17-15-20/h4,6-8,10-12,14-17,23H,5,9,13,18H2,1-3H3/b10-6+. The Bertz CT molecular complexity index is 755. The molecule has 1 aliphatic rings. The number of methoxy groups -OCH3 is 1. The summed E-state index contributed by atoms with van der Waals surface area (Å²) in [6, 6.07) is 19.6. The SMILES string of the molecule is COc1ccc(/C=C/CCCC2C(=C(C)C)N2Cc2ccccc2)cc1. The van der Waals surface area contributed by atoms with Gasteiger partial charge in [-0.3, -0.25) is 0 Å². The number of rotatable bonds is 8. The maximum Gasteiger partial charge on any atom is 0.118 e. The molecule has 0 aliphatic carbocycles. The molecule has 1 atom stereocenters. The normalized spacial score (nSPS) is 16.2. The number of hydrogen-bond donors (Lipinski definition) is 0. The molecule has 136 valence electrons. The van der Waals surface area contributed by atoms with Crippen LogP contribution < -0.4 is 4.74 Å². The smallest absolute Gasteiger partial charge is 0.118 e. The summed E-state index contributed by atoms with van der Waals surface area (Å²) in [7, 11) is 1.70. The molecule has 3 rings (SSSR count). The number of benzene rings is 2. The molecule has 1 heterocycles. The van der Waals surface area contributed by atoms with E-state index in [1.54, 1.807) is 12.8 Å². The lowest BCUT2D eigenvalue weighted by molar-refractivity contribution is 0.415. The molecule has 0 saturated carbocycles. The summed E-state index contributed by atoms with van der Waals surface area (Å²) in [5.41, 5.74) is 5.63. The summed E-state index contributed by atoms with van der Waals surface area (Å²) < 4.78 is 5.19.